The Morgan fingerprint density at radius 2 is 1.62 bits per heavy atom. The Hall–Kier alpha value is -1.06. The van der Waals surface area contributed by atoms with Crippen LogP contribution in [-0.4, -0.2) is 121 Å². The average molecular weight is 384 g/mol. The number of carbonyl (C=O) groups is 2. The summed E-state index contributed by atoms with van der Waals surface area (Å²) in [7, 11) is 0. The summed E-state index contributed by atoms with van der Waals surface area (Å²) in [6, 6.07) is 0. The quantitative estimate of drug-likeness (QED) is 0.175. The van der Waals surface area contributed by atoms with Gasteiger partial charge in [0.15, 0.2) is 12.1 Å². The van der Waals surface area contributed by atoms with Gasteiger partial charge in [-0.3, -0.25) is 9.59 Å². The van der Waals surface area contributed by atoms with Gasteiger partial charge in [0.2, 0.25) is 5.78 Å². The van der Waals surface area contributed by atoms with Crippen LogP contribution in [0.2, 0.25) is 0 Å². The summed E-state index contributed by atoms with van der Waals surface area (Å²) in [5.74, 6) is -2.47. The minimum atomic E-state index is -2.30. The first-order valence-corrected chi connectivity index (χ1v) is 7.72. The molecule has 26 heavy (non-hydrogen) atoms. The number of hydrogen-bond donors (Lipinski definition) is 8. The maximum absolute atomic E-state index is 11.5. The summed E-state index contributed by atoms with van der Waals surface area (Å²) < 4.78 is 10.1. The number of ketones is 2. The third kappa shape index (κ3) is 5.01. The van der Waals surface area contributed by atoms with Crippen LogP contribution >= 0.6 is 0 Å². The molecule has 0 spiro atoms. The number of hydrogen-bond acceptors (Lipinski definition) is 12. The second-order valence-electron chi connectivity index (χ2n) is 5.90. The maximum atomic E-state index is 11.5. The lowest BCUT2D eigenvalue weighted by Gasteiger charge is -2.42. The fourth-order valence-electron chi connectivity index (χ4n) is 2.38. The fraction of sp³-hybridized carbons (Fsp3) is 0.857. The maximum Gasteiger partial charge on any atom is 0.229 e. The lowest BCUT2D eigenvalue weighted by molar-refractivity contribution is -0.326. The van der Waals surface area contributed by atoms with Gasteiger partial charge in [-0.25, -0.2) is 0 Å². The molecule has 9 atom stereocenters. The van der Waals surface area contributed by atoms with E-state index in [2.05, 4.69) is 0 Å². The van der Waals surface area contributed by atoms with Gasteiger partial charge < -0.3 is 50.3 Å². The Bertz CT molecular complexity index is 483. The molecule has 0 aromatic heterocycles. The molecule has 152 valence electrons. The fourth-order valence-corrected chi connectivity index (χ4v) is 2.38. The van der Waals surface area contributed by atoms with E-state index in [1.165, 1.54) is 0 Å². The molecular weight excluding hydrogens is 360 g/mol. The van der Waals surface area contributed by atoms with Gasteiger partial charge in [0, 0.05) is 6.92 Å². The summed E-state index contributed by atoms with van der Waals surface area (Å²) in [4.78, 5) is 22.5. The van der Waals surface area contributed by atoms with E-state index < -0.39 is 79.9 Å². The van der Waals surface area contributed by atoms with Gasteiger partial charge in [0.05, 0.1) is 13.2 Å². The van der Waals surface area contributed by atoms with Crippen molar-refractivity contribution in [3.05, 3.63) is 0 Å². The van der Waals surface area contributed by atoms with Crippen molar-refractivity contribution in [2.75, 3.05) is 13.2 Å². The van der Waals surface area contributed by atoms with Crippen LogP contribution in [0.15, 0.2) is 0 Å². The second kappa shape index (κ2) is 9.75. The molecule has 0 radical (unpaired) electrons. The SMILES string of the molecule is CC(=O)C(=O)[C@H](O)[C@@H](O)[C@H](O[C@H]1O[C@H](CO)[C@@H](O)[C@H](O)[C@H]1O)[C@H](O)CO. The van der Waals surface area contributed by atoms with Gasteiger partial charge in [-0.1, -0.05) is 0 Å². The first-order valence-electron chi connectivity index (χ1n) is 7.72. The number of aliphatic hydroxyl groups is 8. The smallest absolute Gasteiger partial charge is 0.229 e. The Morgan fingerprint density at radius 1 is 1.04 bits per heavy atom. The molecular formula is C14H24O12. The van der Waals surface area contributed by atoms with Crippen molar-refractivity contribution in [1.29, 1.82) is 0 Å². The van der Waals surface area contributed by atoms with Crippen LogP contribution in [0.25, 0.3) is 0 Å². The first-order chi connectivity index (χ1) is 12.1. The molecule has 0 bridgehead atoms. The summed E-state index contributed by atoms with van der Waals surface area (Å²) in [6.45, 7) is -0.930. The molecule has 0 aromatic rings. The number of aliphatic hydroxyl groups excluding tert-OH is 8. The van der Waals surface area contributed by atoms with Gasteiger partial charge in [-0.05, 0) is 0 Å². The molecule has 1 aliphatic heterocycles. The Labute approximate surface area is 147 Å². The highest BCUT2D eigenvalue weighted by atomic mass is 16.7. The van der Waals surface area contributed by atoms with Crippen molar-refractivity contribution in [3.8, 4) is 0 Å². The Morgan fingerprint density at radius 3 is 2.08 bits per heavy atom. The van der Waals surface area contributed by atoms with Crippen LogP contribution in [0.1, 0.15) is 6.92 Å². The Balaban J connectivity index is 2.99. The van der Waals surface area contributed by atoms with Crippen molar-refractivity contribution < 1.29 is 59.9 Å². The molecule has 8 N–H and O–H groups in total. The molecule has 0 unspecified atom stereocenters. The molecule has 1 heterocycles. The Kier molecular flexibility index (Phi) is 8.62. The molecule has 12 nitrogen and oxygen atoms in total. The predicted octanol–water partition coefficient (Wildman–Crippen LogP) is -5.60. The van der Waals surface area contributed by atoms with Gasteiger partial charge in [0.1, 0.15) is 48.8 Å². The lowest BCUT2D eigenvalue weighted by Crippen LogP contribution is -2.62. The van der Waals surface area contributed by atoms with Crippen molar-refractivity contribution in [1.82, 2.24) is 0 Å². The van der Waals surface area contributed by atoms with Gasteiger partial charge in [0.25, 0.3) is 0 Å². The van der Waals surface area contributed by atoms with E-state index in [1.807, 2.05) is 0 Å². The van der Waals surface area contributed by atoms with Gasteiger partial charge in [-0.2, -0.15) is 0 Å². The highest BCUT2D eigenvalue weighted by Gasteiger charge is 2.47. The molecule has 0 saturated carbocycles. The van der Waals surface area contributed by atoms with Crippen molar-refractivity contribution in [2.24, 2.45) is 0 Å². The molecule has 12 heteroatoms. The lowest BCUT2D eigenvalue weighted by atomic mass is 9.97. The third-order valence-electron chi connectivity index (χ3n) is 3.98. The monoisotopic (exact) mass is 384 g/mol. The van der Waals surface area contributed by atoms with E-state index in [-0.39, 0.29) is 0 Å². The summed E-state index contributed by atoms with van der Waals surface area (Å²) in [6.07, 6.45) is -16.9. The average Bonchev–Trinajstić information content (AvgIpc) is 2.63. The van der Waals surface area contributed by atoms with Gasteiger partial charge >= 0.3 is 0 Å². The molecule has 1 fully saturated rings. The van der Waals surface area contributed by atoms with E-state index in [0.29, 0.717) is 0 Å². The van der Waals surface area contributed by atoms with Gasteiger partial charge in [-0.15, -0.1) is 0 Å². The van der Waals surface area contributed by atoms with E-state index in [1.54, 1.807) is 0 Å². The highest BCUT2D eigenvalue weighted by molar-refractivity contribution is 6.38. The zero-order valence-corrected chi connectivity index (χ0v) is 13.8. The van der Waals surface area contributed by atoms with Crippen LogP contribution in [0, 0.1) is 0 Å². The third-order valence-corrected chi connectivity index (χ3v) is 3.98. The van der Waals surface area contributed by atoms with E-state index in [0.717, 1.165) is 6.92 Å². The highest BCUT2D eigenvalue weighted by Crippen LogP contribution is 2.25. The summed E-state index contributed by atoms with van der Waals surface area (Å²) in [5, 5.41) is 77.0. The molecule has 0 aliphatic carbocycles. The van der Waals surface area contributed by atoms with Crippen LogP contribution in [0.4, 0.5) is 0 Å². The zero-order chi connectivity index (χ0) is 20.2. The largest absolute Gasteiger partial charge is 0.394 e. The van der Waals surface area contributed by atoms with Crippen LogP contribution < -0.4 is 0 Å². The van der Waals surface area contributed by atoms with E-state index in [9.17, 15) is 40.2 Å². The van der Waals surface area contributed by atoms with Crippen molar-refractivity contribution >= 4 is 11.6 Å². The standard InChI is InChI=1S/C14H24O12/c1-4(17)7(19)9(21)11(23)13(5(18)2-15)26-14-12(24)10(22)8(20)6(3-16)25-14/h5-6,8-16,18,20-24H,2-3H2,1H3/t5-,6-,8-,9+,10+,11-,12-,13-,14-/m1/s1. The number of carbonyl (C=O) groups excluding carboxylic acids is 2. The number of Topliss-reactive ketones (excluding diaryl/α,β-unsaturated/α-hetero) is 2. The van der Waals surface area contributed by atoms with Crippen LogP contribution in [-0.2, 0) is 19.1 Å². The van der Waals surface area contributed by atoms with Crippen molar-refractivity contribution in [3.63, 3.8) is 0 Å². The minimum absolute atomic E-state index is 0.772. The van der Waals surface area contributed by atoms with Crippen LogP contribution in [0.3, 0.4) is 0 Å². The van der Waals surface area contributed by atoms with Crippen LogP contribution in [0.5, 0.6) is 0 Å². The molecule has 1 rings (SSSR count). The normalized spacial score (nSPS) is 34.0. The summed E-state index contributed by atoms with van der Waals surface area (Å²) in [5.41, 5.74) is 0. The minimum Gasteiger partial charge on any atom is -0.394 e. The molecule has 1 saturated heterocycles. The summed E-state index contributed by atoms with van der Waals surface area (Å²) >= 11 is 0. The van der Waals surface area contributed by atoms with E-state index >= 15 is 0 Å². The first kappa shape index (κ1) is 23.0. The molecule has 0 amide bonds. The second-order valence-corrected chi connectivity index (χ2v) is 5.90. The number of ether oxygens (including phenoxy) is 2. The zero-order valence-electron chi connectivity index (χ0n) is 13.8. The predicted molar refractivity (Wildman–Crippen MR) is 79.4 cm³/mol. The molecule has 1 aliphatic rings. The van der Waals surface area contributed by atoms with Crippen molar-refractivity contribution in [2.45, 2.75) is 62.0 Å². The van der Waals surface area contributed by atoms with E-state index in [4.69, 9.17) is 19.7 Å². The molecule has 0 aromatic carbocycles. The number of rotatable bonds is 9. The topological polar surface area (TPSA) is 214 Å².